The van der Waals surface area contributed by atoms with Gasteiger partial charge in [-0.05, 0) is 49.6 Å². The predicted octanol–water partition coefficient (Wildman–Crippen LogP) is 3.02. The highest BCUT2D eigenvalue weighted by Crippen LogP contribution is 2.23. The summed E-state index contributed by atoms with van der Waals surface area (Å²) in [4.78, 5) is 23.8. The van der Waals surface area contributed by atoms with Gasteiger partial charge in [-0.3, -0.25) is 9.59 Å². The van der Waals surface area contributed by atoms with E-state index in [1.807, 2.05) is 30.3 Å². The molecule has 0 aromatic heterocycles. The number of ether oxygens (including phenoxy) is 1. The maximum Gasteiger partial charge on any atom is 0.573 e. The van der Waals surface area contributed by atoms with Crippen molar-refractivity contribution in [1.82, 2.24) is 5.32 Å². The van der Waals surface area contributed by atoms with Crippen LogP contribution in [-0.4, -0.2) is 35.4 Å². The molecule has 2 aromatic rings. The number of halogens is 3. The third-order valence-corrected chi connectivity index (χ3v) is 3.98. The Hall–Kier alpha value is -3.07. The first kappa shape index (κ1) is 22.2. The van der Waals surface area contributed by atoms with Crippen molar-refractivity contribution in [2.24, 2.45) is 0 Å². The molecular formula is C20H21F3N2O4. The van der Waals surface area contributed by atoms with Crippen LogP contribution in [-0.2, 0) is 16.0 Å². The number of carbonyl (C=O) groups excluding carboxylic acids is 2. The molecule has 0 fully saturated rings. The van der Waals surface area contributed by atoms with Crippen LogP contribution in [0, 0.1) is 0 Å². The zero-order valence-electron chi connectivity index (χ0n) is 15.6. The van der Waals surface area contributed by atoms with E-state index in [1.165, 1.54) is 12.1 Å². The minimum Gasteiger partial charge on any atom is -0.406 e. The van der Waals surface area contributed by atoms with Gasteiger partial charge in [0.15, 0.2) is 0 Å². The standard InChI is InChI=1S/C20H21F3N2O4/c1-19(28,12-11-14-5-3-2-4-6-14)13-24-17(26)18(27)25-15-7-9-16(10-8-15)29-20(21,22)23/h2-10,28H,11-13H2,1H3,(H,24,26)(H,25,27). The molecule has 156 valence electrons. The van der Waals surface area contributed by atoms with E-state index in [0.717, 1.165) is 17.7 Å². The quantitative estimate of drug-likeness (QED) is 0.613. The van der Waals surface area contributed by atoms with E-state index in [4.69, 9.17) is 0 Å². The van der Waals surface area contributed by atoms with Crippen LogP contribution in [0.3, 0.4) is 0 Å². The predicted molar refractivity (Wildman–Crippen MR) is 100 cm³/mol. The summed E-state index contributed by atoms with van der Waals surface area (Å²) in [6.45, 7) is 1.41. The summed E-state index contributed by atoms with van der Waals surface area (Å²) >= 11 is 0. The van der Waals surface area contributed by atoms with Crippen molar-refractivity contribution in [3.63, 3.8) is 0 Å². The van der Waals surface area contributed by atoms with Crippen LogP contribution in [0.25, 0.3) is 0 Å². The Morgan fingerprint density at radius 3 is 2.21 bits per heavy atom. The maximum atomic E-state index is 12.1. The Bertz CT molecular complexity index is 822. The number of hydrogen-bond donors (Lipinski definition) is 3. The Morgan fingerprint density at radius 2 is 1.62 bits per heavy atom. The molecule has 1 atom stereocenters. The normalized spacial score (nSPS) is 13.3. The number of alkyl halides is 3. The molecule has 6 nitrogen and oxygen atoms in total. The number of benzene rings is 2. The van der Waals surface area contributed by atoms with Gasteiger partial charge < -0.3 is 20.5 Å². The molecule has 0 bridgehead atoms. The summed E-state index contributed by atoms with van der Waals surface area (Å²) in [5.41, 5.74) is -0.0622. The van der Waals surface area contributed by atoms with E-state index >= 15 is 0 Å². The third kappa shape index (κ3) is 8.22. The first-order valence-corrected chi connectivity index (χ1v) is 8.75. The van der Waals surface area contributed by atoms with E-state index in [9.17, 15) is 27.9 Å². The van der Waals surface area contributed by atoms with Gasteiger partial charge in [-0.25, -0.2) is 0 Å². The highest BCUT2D eigenvalue weighted by atomic mass is 19.4. The monoisotopic (exact) mass is 410 g/mol. The molecule has 2 rings (SSSR count). The lowest BCUT2D eigenvalue weighted by molar-refractivity contribution is -0.274. The molecule has 2 amide bonds. The molecule has 29 heavy (non-hydrogen) atoms. The fourth-order valence-electron chi connectivity index (χ4n) is 2.43. The smallest absolute Gasteiger partial charge is 0.406 e. The topological polar surface area (TPSA) is 87.7 Å². The Kier molecular flexibility index (Phi) is 7.22. The molecule has 0 aliphatic carbocycles. The van der Waals surface area contributed by atoms with Crippen molar-refractivity contribution in [1.29, 1.82) is 0 Å². The first-order chi connectivity index (χ1) is 13.5. The molecule has 0 radical (unpaired) electrons. The lowest BCUT2D eigenvalue weighted by Crippen LogP contribution is -2.44. The Labute approximate surface area is 165 Å². The molecule has 2 aromatic carbocycles. The average Bonchev–Trinajstić information content (AvgIpc) is 2.66. The summed E-state index contributed by atoms with van der Waals surface area (Å²) in [5, 5.41) is 15.0. The van der Waals surface area contributed by atoms with Gasteiger partial charge in [0.1, 0.15) is 5.75 Å². The van der Waals surface area contributed by atoms with Crippen molar-refractivity contribution in [2.45, 2.75) is 31.7 Å². The first-order valence-electron chi connectivity index (χ1n) is 8.75. The lowest BCUT2D eigenvalue weighted by atomic mass is 9.97. The van der Waals surface area contributed by atoms with Gasteiger partial charge in [-0.2, -0.15) is 0 Å². The largest absolute Gasteiger partial charge is 0.573 e. The fourth-order valence-corrected chi connectivity index (χ4v) is 2.43. The number of carbonyl (C=O) groups is 2. The van der Waals surface area contributed by atoms with E-state index in [0.29, 0.717) is 12.8 Å². The van der Waals surface area contributed by atoms with Crippen molar-refractivity contribution in [3.8, 4) is 5.75 Å². The van der Waals surface area contributed by atoms with Crippen LogP contribution in [0.4, 0.5) is 18.9 Å². The summed E-state index contributed by atoms with van der Waals surface area (Å²) in [6.07, 6.45) is -3.84. The number of aryl methyl sites for hydroxylation is 1. The average molecular weight is 410 g/mol. The van der Waals surface area contributed by atoms with Crippen LogP contribution in [0.2, 0.25) is 0 Å². The van der Waals surface area contributed by atoms with Crippen LogP contribution in [0.5, 0.6) is 5.75 Å². The van der Waals surface area contributed by atoms with Gasteiger partial charge in [0.05, 0.1) is 5.60 Å². The zero-order chi connectivity index (χ0) is 21.5. The second kappa shape index (κ2) is 9.42. The van der Waals surface area contributed by atoms with Gasteiger partial charge in [-0.1, -0.05) is 30.3 Å². The van der Waals surface area contributed by atoms with E-state index in [1.54, 1.807) is 6.92 Å². The number of amides is 2. The van der Waals surface area contributed by atoms with Crippen LogP contribution < -0.4 is 15.4 Å². The van der Waals surface area contributed by atoms with E-state index in [2.05, 4.69) is 15.4 Å². The van der Waals surface area contributed by atoms with Gasteiger partial charge in [-0.15, -0.1) is 13.2 Å². The minimum atomic E-state index is -4.82. The molecule has 0 saturated heterocycles. The number of hydrogen-bond acceptors (Lipinski definition) is 4. The molecule has 1 unspecified atom stereocenters. The van der Waals surface area contributed by atoms with Crippen LogP contribution in [0.15, 0.2) is 54.6 Å². The lowest BCUT2D eigenvalue weighted by Gasteiger charge is -2.23. The number of aliphatic hydroxyl groups is 1. The van der Waals surface area contributed by atoms with Crippen molar-refractivity contribution in [3.05, 3.63) is 60.2 Å². The fraction of sp³-hybridized carbons (Fsp3) is 0.300. The third-order valence-electron chi connectivity index (χ3n) is 3.98. The summed E-state index contributed by atoms with van der Waals surface area (Å²) in [5.74, 6) is -2.43. The molecule has 0 aliphatic rings. The van der Waals surface area contributed by atoms with Crippen molar-refractivity contribution >= 4 is 17.5 Å². The molecule has 0 heterocycles. The highest BCUT2D eigenvalue weighted by molar-refractivity contribution is 6.39. The molecule has 0 saturated carbocycles. The van der Waals surface area contributed by atoms with Gasteiger partial charge >= 0.3 is 18.2 Å². The zero-order valence-corrected chi connectivity index (χ0v) is 15.6. The summed E-state index contributed by atoms with van der Waals surface area (Å²) in [6, 6.07) is 13.9. The number of rotatable bonds is 7. The summed E-state index contributed by atoms with van der Waals surface area (Å²) < 4.78 is 40.1. The van der Waals surface area contributed by atoms with Crippen molar-refractivity contribution < 1.29 is 32.6 Å². The minimum absolute atomic E-state index is 0.121. The molecule has 9 heteroatoms. The van der Waals surface area contributed by atoms with Crippen LogP contribution in [0.1, 0.15) is 18.9 Å². The maximum absolute atomic E-state index is 12.1. The Morgan fingerprint density at radius 1 is 1.00 bits per heavy atom. The molecule has 0 spiro atoms. The highest BCUT2D eigenvalue weighted by Gasteiger charge is 2.31. The van der Waals surface area contributed by atoms with E-state index in [-0.39, 0.29) is 12.2 Å². The van der Waals surface area contributed by atoms with Crippen LogP contribution >= 0.6 is 0 Å². The molecule has 3 N–H and O–H groups in total. The Balaban J connectivity index is 1.80. The number of anilines is 1. The SMILES string of the molecule is CC(O)(CCc1ccccc1)CNC(=O)C(=O)Nc1ccc(OC(F)(F)F)cc1. The molecular weight excluding hydrogens is 389 g/mol. The number of nitrogens with one attached hydrogen (secondary N) is 2. The summed E-state index contributed by atoms with van der Waals surface area (Å²) in [7, 11) is 0. The van der Waals surface area contributed by atoms with Gasteiger partial charge in [0.25, 0.3) is 0 Å². The second-order valence-corrected chi connectivity index (χ2v) is 6.69. The van der Waals surface area contributed by atoms with E-state index < -0.39 is 29.5 Å². The molecule has 0 aliphatic heterocycles. The van der Waals surface area contributed by atoms with Gasteiger partial charge in [0, 0.05) is 12.2 Å². The van der Waals surface area contributed by atoms with Gasteiger partial charge in [0.2, 0.25) is 0 Å². The van der Waals surface area contributed by atoms with Crippen molar-refractivity contribution in [2.75, 3.05) is 11.9 Å². The second-order valence-electron chi connectivity index (χ2n) is 6.69.